The molecular weight excluding hydrogens is 372 g/mol. The van der Waals surface area contributed by atoms with Gasteiger partial charge < -0.3 is 24.8 Å². The molecule has 0 aliphatic rings. The number of carbonyl (C=O) groups is 2. The van der Waals surface area contributed by atoms with Gasteiger partial charge in [0.05, 0.1) is 25.6 Å². The maximum absolute atomic E-state index is 12.5. The van der Waals surface area contributed by atoms with Crippen molar-refractivity contribution in [3.05, 3.63) is 48.0 Å². The van der Waals surface area contributed by atoms with Crippen molar-refractivity contribution in [3.8, 4) is 11.5 Å². The minimum Gasteiger partial charge on any atom is -0.494 e. The summed E-state index contributed by atoms with van der Waals surface area (Å²) in [7, 11) is 2.98. The molecule has 0 bridgehead atoms. The van der Waals surface area contributed by atoms with Crippen LogP contribution in [0.5, 0.6) is 11.5 Å². The van der Waals surface area contributed by atoms with Crippen LogP contribution in [0.3, 0.4) is 0 Å². The van der Waals surface area contributed by atoms with E-state index in [9.17, 15) is 9.59 Å². The molecule has 0 spiro atoms. The van der Waals surface area contributed by atoms with Gasteiger partial charge in [-0.1, -0.05) is 31.5 Å². The van der Waals surface area contributed by atoms with Crippen LogP contribution in [-0.2, 0) is 9.53 Å². The lowest BCUT2D eigenvalue weighted by atomic mass is 10.2. The molecule has 2 aromatic rings. The zero-order valence-corrected chi connectivity index (χ0v) is 17.3. The standard InChI is InChI=1S/C22H28N2O5/c1-5-6-12-29-15(2)21(25)23-17-13-20(28-4)18(14-19(17)27-3)24-22(26)16-10-8-7-9-11-16/h7-11,13-15H,5-6,12H2,1-4H3,(H,23,25)(H,24,26). The summed E-state index contributed by atoms with van der Waals surface area (Å²) < 4.78 is 16.3. The van der Waals surface area contributed by atoms with Crippen molar-refractivity contribution >= 4 is 23.2 Å². The van der Waals surface area contributed by atoms with Gasteiger partial charge in [-0.25, -0.2) is 0 Å². The second-order valence-corrected chi connectivity index (χ2v) is 6.43. The van der Waals surface area contributed by atoms with E-state index in [1.54, 1.807) is 43.3 Å². The summed E-state index contributed by atoms with van der Waals surface area (Å²) in [5.74, 6) is 0.219. The van der Waals surface area contributed by atoms with Gasteiger partial charge in [-0.15, -0.1) is 0 Å². The number of nitrogens with one attached hydrogen (secondary N) is 2. The van der Waals surface area contributed by atoms with E-state index in [-0.39, 0.29) is 11.8 Å². The summed E-state index contributed by atoms with van der Waals surface area (Å²) in [6, 6.07) is 12.1. The first kappa shape index (κ1) is 22.2. The highest BCUT2D eigenvalue weighted by Crippen LogP contribution is 2.36. The predicted molar refractivity (Wildman–Crippen MR) is 113 cm³/mol. The lowest BCUT2D eigenvalue weighted by Gasteiger charge is -2.18. The van der Waals surface area contributed by atoms with E-state index in [0.29, 0.717) is 35.0 Å². The molecule has 7 heteroatoms. The van der Waals surface area contributed by atoms with Gasteiger partial charge in [0, 0.05) is 24.3 Å². The molecule has 0 aromatic heterocycles. The van der Waals surface area contributed by atoms with E-state index in [1.165, 1.54) is 14.2 Å². The SMILES string of the molecule is CCCCOC(C)C(=O)Nc1cc(OC)c(NC(=O)c2ccccc2)cc1OC. The molecule has 156 valence electrons. The third kappa shape index (κ3) is 6.22. The van der Waals surface area contributed by atoms with Gasteiger partial charge in [-0.05, 0) is 25.5 Å². The number of unbranched alkanes of at least 4 members (excludes halogenated alkanes) is 1. The Kier molecular flexibility index (Phi) is 8.48. The zero-order chi connectivity index (χ0) is 21.2. The lowest BCUT2D eigenvalue weighted by Crippen LogP contribution is -2.28. The number of anilines is 2. The summed E-state index contributed by atoms with van der Waals surface area (Å²) in [5.41, 5.74) is 1.38. The van der Waals surface area contributed by atoms with E-state index in [0.717, 1.165) is 12.8 Å². The van der Waals surface area contributed by atoms with Gasteiger partial charge in [-0.3, -0.25) is 9.59 Å². The smallest absolute Gasteiger partial charge is 0.255 e. The first-order chi connectivity index (χ1) is 14.0. The summed E-state index contributed by atoms with van der Waals surface area (Å²) in [5, 5.41) is 5.60. The molecule has 0 heterocycles. The summed E-state index contributed by atoms with van der Waals surface area (Å²) in [6.45, 7) is 4.28. The largest absolute Gasteiger partial charge is 0.494 e. The van der Waals surface area contributed by atoms with Crippen LogP contribution < -0.4 is 20.1 Å². The number of hydrogen-bond donors (Lipinski definition) is 2. The highest BCUT2D eigenvalue weighted by atomic mass is 16.5. The van der Waals surface area contributed by atoms with Crippen LogP contribution in [0.1, 0.15) is 37.0 Å². The number of carbonyl (C=O) groups excluding carboxylic acids is 2. The van der Waals surface area contributed by atoms with Crippen LogP contribution in [0.25, 0.3) is 0 Å². The third-order valence-electron chi connectivity index (χ3n) is 4.30. The van der Waals surface area contributed by atoms with Gasteiger partial charge >= 0.3 is 0 Å². The molecule has 0 saturated heterocycles. The van der Waals surface area contributed by atoms with E-state index in [4.69, 9.17) is 14.2 Å². The lowest BCUT2D eigenvalue weighted by molar-refractivity contribution is -0.126. The first-order valence-corrected chi connectivity index (χ1v) is 9.55. The van der Waals surface area contributed by atoms with Crippen molar-refractivity contribution in [1.29, 1.82) is 0 Å². The average Bonchev–Trinajstić information content (AvgIpc) is 2.74. The van der Waals surface area contributed by atoms with Crippen molar-refractivity contribution in [2.45, 2.75) is 32.8 Å². The first-order valence-electron chi connectivity index (χ1n) is 9.55. The number of rotatable bonds is 10. The fourth-order valence-electron chi connectivity index (χ4n) is 2.59. The maximum Gasteiger partial charge on any atom is 0.255 e. The fraction of sp³-hybridized carbons (Fsp3) is 0.364. The van der Waals surface area contributed by atoms with Crippen molar-refractivity contribution in [3.63, 3.8) is 0 Å². The predicted octanol–water partition coefficient (Wildman–Crippen LogP) is 4.10. The van der Waals surface area contributed by atoms with Gasteiger partial charge in [0.1, 0.15) is 17.6 Å². The normalized spacial score (nSPS) is 11.4. The Morgan fingerprint density at radius 1 is 0.966 bits per heavy atom. The van der Waals surface area contributed by atoms with Gasteiger partial charge in [0.2, 0.25) is 0 Å². The fourth-order valence-corrected chi connectivity index (χ4v) is 2.59. The Bertz CT molecular complexity index is 823. The van der Waals surface area contributed by atoms with Crippen molar-refractivity contribution < 1.29 is 23.8 Å². The van der Waals surface area contributed by atoms with Crippen LogP contribution in [-0.4, -0.2) is 38.7 Å². The number of hydrogen-bond acceptors (Lipinski definition) is 5. The minimum absolute atomic E-state index is 0.277. The van der Waals surface area contributed by atoms with E-state index < -0.39 is 6.10 Å². The van der Waals surface area contributed by atoms with E-state index >= 15 is 0 Å². The third-order valence-corrected chi connectivity index (χ3v) is 4.30. The van der Waals surface area contributed by atoms with E-state index in [2.05, 4.69) is 17.6 Å². The van der Waals surface area contributed by atoms with Crippen molar-refractivity contribution in [2.75, 3.05) is 31.5 Å². The van der Waals surface area contributed by atoms with Crippen LogP contribution >= 0.6 is 0 Å². The minimum atomic E-state index is -0.602. The molecule has 0 aliphatic heterocycles. The summed E-state index contributed by atoms with van der Waals surface area (Å²) >= 11 is 0. The molecule has 2 N–H and O–H groups in total. The van der Waals surface area contributed by atoms with Crippen molar-refractivity contribution in [1.82, 2.24) is 0 Å². The Labute approximate surface area is 171 Å². The maximum atomic E-state index is 12.5. The molecule has 2 amide bonds. The molecule has 2 aromatic carbocycles. The Morgan fingerprint density at radius 2 is 1.55 bits per heavy atom. The van der Waals surface area contributed by atoms with Crippen molar-refractivity contribution in [2.24, 2.45) is 0 Å². The molecule has 29 heavy (non-hydrogen) atoms. The topological polar surface area (TPSA) is 85.9 Å². The van der Waals surface area contributed by atoms with Gasteiger partial charge in [0.15, 0.2) is 0 Å². The Hall–Kier alpha value is -3.06. The number of benzene rings is 2. The summed E-state index contributed by atoms with van der Waals surface area (Å²) in [6.07, 6.45) is 1.29. The second-order valence-electron chi connectivity index (χ2n) is 6.43. The highest BCUT2D eigenvalue weighted by molar-refractivity contribution is 6.05. The number of amides is 2. The quantitative estimate of drug-likeness (QED) is 0.587. The summed E-state index contributed by atoms with van der Waals surface area (Å²) in [4.78, 5) is 24.9. The molecule has 0 aliphatic carbocycles. The van der Waals surface area contributed by atoms with Gasteiger partial charge in [-0.2, -0.15) is 0 Å². The molecule has 1 unspecified atom stereocenters. The zero-order valence-electron chi connectivity index (χ0n) is 17.3. The molecule has 2 rings (SSSR count). The molecule has 0 radical (unpaired) electrons. The Morgan fingerprint density at radius 3 is 2.10 bits per heavy atom. The number of ether oxygens (including phenoxy) is 3. The second kappa shape index (κ2) is 11.1. The molecule has 1 atom stereocenters. The monoisotopic (exact) mass is 400 g/mol. The van der Waals surface area contributed by atoms with Crippen LogP contribution in [0.4, 0.5) is 11.4 Å². The molecular formula is C22H28N2O5. The molecule has 0 saturated carbocycles. The van der Waals surface area contributed by atoms with Crippen LogP contribution in [0.15, 0.2) is 42.5 Å². The van der Waals surface area contributed by atoms with Gasteiger partial charge in [0.25, 0.3) is 11.8 Å². The van der Waals surface area contributed by atoms with E-state index in [1.807, 2.05) is 6.07 Å². The highest BCUT2D eigenvalue weighted by Gasteiger charge is 2.19. The van der Waals surface area contributed by atoms with Crippen LogP contribution in [0, 0.1) is 0 Å². The Balaban J connectivity index is 2.18. The number of methoxy groups -OCH3 is 2. The molecule has 7 nitrogen and oxygen atoms in total. The molecule has 0 fully saturated rings. The average molecular weight is 400 g/mol. The van der Waals surface area contributed by atoms with Crippen LogP contribution in [0.2, 0.25) is 0 Å².